The number of imide groups is 1. The Morgan fingerprint density at radius 2 is 1.70 bits per heavy atom. The van der Waals surface area contributed by atoms with Crippen LogP contribution in [0.5, 0.6) is 0 Å². The molecular formula is C16H18BrNO2. The second kappa shape index (κ2) is 4.99. The van der Waals surface area contributed by atoms with Crippen molar-refractivity contribution in [1.29, 1.82) is 0 Å². The Kier molecular flexibility index (Phi) is 3.44. The van der Waals surface area contributed by atoms with Crippen LogP contribution in [-0.2, 0) is 9.59 Å². The summed E-state index contributed by atoms with van der Waals surface area (Å²) in [6.45, 7) is 1.93. The Hall–Kier alpha value is -1.16. The minimum atomic E-state index is -0.0376. The topological polar surface area (TPSA) is 37.4 Å². The van der Waals surface area contributed by atoms with E-state index in [0.29, 0.717) is 12.8 Å². The van der Waals surface area contributed by atoms with Gasteiger partial charge in [0.1, 0.15) is 0 Å². The van der Waals surface area contributed by atoms with Crippen molar-refractivity contribution in [2.45, 2.75) is 45.4 Å². The molecule has 3 nitrogen and oxygen atoms in total. The van der Waals surface area contributed by atoms with Gasteiger partial charge in [0.05, 0.1) is 5.69 Å². The number of carbonyl (C=O) groups is 2. The van der Waals surface area contributed by atoms with Gasteiger partial charge >= 0.3 is 0 Å². The summed E-state index contributed by atoms with van der Waals surface area (Å²) in [6, 6.07) is 5.72. The maximum atomic E-state index is 12.5. The Morgan fingerprint density at radius 1 is 1.10 bits per heavy atom. The number of rotatable bonds is 1. The molecule has 0 radical (unpaired) electrons. The Labute approximate surface area is 127 Å². The predicted octanol–water partition coefficient (Wildman–Crippen LogP) is 3.97. The molecule has 0 N–H and O–H groups in total. The lowest BCUT2D eigenvalue weighted by Gasteiger charge is -2.37. The van der Waals surface area contributed by atoms with Crippen LogP contribution in [0.25, 0.3) is 0 Å². The molecule has 1 spiro atoms. The molecule has 1 saturated heterocycles. The van der Waals surface area contributed by atoms with Gasteiger partial charge in [0.15, 0.2) is 0 Å². The van der Waals surface area contributed by atoms with Crippen molar-refractivity contribution >= 4 is 33.4 Å². The highest BCUT2D eigenvalue weighted by atomic mass is 79.9. The second-order valence-corrected chi connectivity index (χ2v) is 7.03. The van der Waals surface area contributed by atoms with Gasteiger partial charge in [-0.2, -0.15) is 0 Å². The monoisotopic (exact) mass is 335 g/mol. The number of carbonyl (C=O) groups excluding carboxylic acids is 2. The zero-order valence-electron chi connectivity index (χ0n) is 11.6. The van der Waals surface area contributed by atoms with Crippen molar-refractivity contribution in [1.82, 2.24) is 0 Å². The highest BCUT2D eigenvalue weighted by molar-refractivity contribution is 9.10. The molecule has 2 fully saturated rings. The molecular weight excluding hydrogens is 318 g/mol. The highest BCUT2D eigenvalue weighted by Gasteiger charge is 2.45. The molecule has 1 saturated carbocycles. The fraction of sp³-hybridized carbons (Fsp3) is 0.500. The molecule has 1 heterocycles. The number of halogens is 1. The highest BCUT2D eigenvalue weighted by Crippen LogP contribution is 2.47. The molecule has 4 heteroatoms. The van der Waals surface area contributed by atoms with E-state index in [9.17, 15) is 9.59 Å². The van der Waals surface area contributed by atoms with E-state index in [1.54, 1.807) is 0 Å². The van der Waals surface area contributed by atoms with Gasteiger partial charge in [-0.05, 0) is 42.9 Å². The van der Waals surface area contributed by atoms with Crippen molar-refractivity contribution in [2.24, 2.45) is 5.41 Å². The van der Waals surface area contributed by atoms with Gasteiger partial charge in [-0.25, -0.2) is 0 Å². The smallest absolute Gasteiger partial charge is 0.234 e. The Balaban J connectivity index is 1.93. The lowest BCUT2D eigenvalue weighted by atomic mass is 9.76. The first-order valence-electron chi connectivity index (χ1n) is 7.13. The average Bonchev–Trinajstić information content (AvgIpc) is 2.80. The first kappa shape index (κ1) is 13.8. The summed E-state index contributed by atoms with van der Waals surface area (Å²) in [6.07, 6.45) is 5.38. The maximum absolute atomic E-state index is 12.5. The lowest BCUT2D eigenvalue weighted by molar-refractivity contribution is -0.133. The molecule has 1 aliphatic carbocycles. The van der Waals surface area contributed by atoms with Crippen molar-refractivity contribution < 1.29 is 9.59 Å². The standard InChI is InChI=1S/C16H18BrNO2/c1-11-4-5-12(17)8-13(11)18-14(19)9-16(10-15(18)20)6-2-3-7-16/h4-5,8H,2-3,6-7,9-10H2,1H3. The molecule has 0 aromatic heterocycles. The number of piperidine rings is 1. The summed E-state index contributed by atoms with van der Waals surface area (Å²) in [5.41, 5.74) is 1.64. The third-order valence-corrected chi connectivity index (χ3v) is 5.12. The van der Waals surface area contributed by atoms with Crippen LogP contribution in [0.3, 0.4) is 0 Å². The third-order valence-electron chi connectivity index (χ3n) is 4.63. The molecule has 1 aromatic carbocycles. The molecule has 20 heavy (non-hydrogen) atoms. The summed E-state index contributed by atoms with van der Waals surface area (Å²) < 4.78 is 0.889. The summed E-state index contributed by atoms with van der Waals surface area (Å²) in [7, 11) is 0. The van der Waals surface area contributed by atoms with Crippen LogP contribution in [0.4, 0.5) is 5.69 Å². The number of aryl methyl sites for hydroxylation is 1. The quantitative estimate of drug-likeness (QED) is 0.728. The molecule has 1 aliphatic heterocycles. The second-order valence-electron chi connectivity index (χ2n) is 6.11. The first-order chi connectivity index (χ1) is 9.51. The van der Waals surface area contributed by atoms with Crippen LogP contribution in [0.15, 0.2) is 22.7 Å². The summed E-state index contributed by atoms with van der Waals surface area (Å²) >= 11 is 3.41. The summed E-state index contributed by atoms with van der Waals surface area (Å²) in [5, 5.41) is 0. The molecule has 2 amide bonds. The zero-order chi connectivity index (χ0) is 14.3. The van der Waals surface area contributed by atoms with Crippen LogP contribution in [0.1, 0.15) is 44.1 Å². The van der Waals surface area contributed by atoms with Gasteiger partial charge in [-0.1, -0.05) is 34.8 Å². The Bertz CT molecular complexity index is 556. The fourth-order valence-electron chi connectivity index (χ4n) is 3.57. The van der Waals surface area contributed by atoms with Gasteiger partial charge in [-0.15, -0.1) is 0 Å². The summed E-state index contributed by atoms with van der Waals surface area (Å²) in [5.74, 6) is -0.0753. The van der Waals surface area contributed by atoms with Crippen LogP contribution in [-0.4, -0.2) is 11.8 Å². The lowest BCUT2D eigenvalue weighted by Crippen LogP contribution is -2.47. The SMILES string of the molecule is Cc1ccc(Br)cc1N1C(=O)CC2(CCCC2)CC1=O. The minimum Gasteiger partial charge on any atom is -0.274 e. The largest absolute Gasteiger partial charge is 0.274 e. The van der Waals surface area contributed by atoms with E-state index in [4.69, 9.17) is 0 Å². The molecule has 2 aliphatic rings. The van der Waals surface area contributed by atoms with Crippen molar-refractivity contribution in [3.8, 4) is 0 Å². The Morgan fingerprint density at radius 3 is 2.30 bits per heavy atom. The number of hydrogen-bond donors (Lipinski definition) is 0. The van der Waals surface area contributed by atoms with E-state index < -0.39 is 0 Å². The van der Waals surface area contributed by atoms with E-state index >= 15 is 0 Å². The van der Waals surface area contributed by atoms with Crippen LogP contribution in [0, 0.1) is 12.3 Å². The van der Waals surface area contributed by atoms with Gasteiger partial charge in [0.2, 0.25) is 11.8 Å². The number of benzene rings is 1. The van der Waals surface area contributed by atoms with Gasteiger partial charge < -0.3 is 0 Å². The number of amides is 2. The zero-order valence-corrected chi connectivity index (χ0v) is 13.2. The van der Waals surface area contributed by atoms with Crippen molar-refractivity contribution in [3.63, 3.8) is 0 Å². The van der Waals surface area contributed by atoms with E-state index in [1.807, 2.05) is 25.1 Å². The van der Waals surface area contributed by atoms with Crippen LogP contribution in [0.2, 0.25) is 0 Å². The van der Waals surface area contributed by atoms with Crippen molar-refractivity contribution in [2.75, 3.05) is 4.90 Å². The van der Waals surface area contributed by atoms with Crippen molar-refractivity contribution in [3.05, 3.63) is 28.2 Å². The molecule has 0 unspecified atom stereocenters. The molecule has 0 bridgehead atoms. The summed E-state index contributed by atoms with van der Waals surface area (Å²) in [4.78, 5) is 26.4. The third kappa shape index (κ3) is 2.30. The number of nitrogens with zero attached hydrogens (tertiary/aromatic N) is 1. The maximum Gasteiger partial charge on any atom is 0.234 e. The number of hydrogen-bond acceptors (Lipinski definition) is 2. The minimum absolute atomic E-state index is 0.0371. The van der Waals surface area contributed by atoms with E-state index in [-0.39, 0.29) is 17.2 Å². The first-order valence-corrected chi connectivity index (χ1v) is 7.92. The molecule has 1 aromatic rings. The van der Waals surface area contributed by atoms with E-state index in [0.717, 1.165) is 41.4 Å². The number of anilines is 1. The van der Waals surface area contributed by atoms with Gasteiger partial charge in [0.25, 0.3) is 0 Å². The van der Waals surface area contributed by atoms with Gasteiger partial charge in [-0.3, -0.25) is 14.5 Å². The average molecular weight is 336 g/mol. The van der Waals surface area contributed by atoms with Crippen LogP contribution >= 0.6 is 15.9 Å². The van der Waals surface area contributed by atoms with E-state index in [2.05, 4.69) is 15.9 Å². The normalized spacial score (nSPS) is 21.8. The molecule has 0 atom stereocenters. The van der Waals surface area contributed by atoms with E-state index in [1.165, 1.54) is 4.90 Å². The predicted molar refractivity (Wildman–Crippen MR) is 81.5 cm³/mol. The fourth-order valence-corrected chi connectivity index (χ4v) is 3.92. The molecule has 3 rings (SSSR count). The van der Waals surface area contributed by atoms with Gasteiger partial charge in [0, 0.05) is 17.3 Å². The van der Waals surface area contributed by atoms with Crippen LogP contribution < -0.4 is 4.90 Å². The molecule has 106 valence electrons.